The molecule has 0 amide bonds. The summed E-state index contributed by atoms with van der Waals surface area (Å²) in [5.74, 6) is 0.657. The van der Waals surface area contributed by atoms with Crippen LogP contribution in [0.15, 0.2) is 11.6 Å². The number of nitrogens with zero attached hydrogens (tertiary/aromatic N) is 1. The van der Waals surface area contributed by atoms with Crippen molar-refractivity contribution in [3.8, 4) is 0 Å². The predicted octanol–water partition coefficient (Wildman–Crippen LogP) is 2.33. The van der Waals surface area contributed by atoms with Gasteiger partial charge in [-0.25, -0.2) is 0 Å². The number of fused-ring (bicyclic) bond motifs is 1. The third kappa shape index (κ3) is 4.16. The van der Waals surface area contributed by atoms with Crippen LogP contribution in [0, 0.1) is 11.8 Å². The van der Waals surface area contributed by atoms with E-state index in [1.165, 1.54) is 0 Å². The van der Waals surface area contributed by atoms with Crippen LogP contribution < -0.4 is 0 Å². The van der Waals surface area contributed by atoms with Crippen LogP contribution in [0.2, 0.25) is 0 Å². The molecule has 2 saturated heterocycles. The Hall–Kier alpha value is -0.420. The number of rotatable bonds is 6. The molecule has 2 aliphatic rings. The molecule has 2 unspecified atom stereocenters. The van der Waals surface area contributed by atoms with E-state index in [9.17, 15) is 15.3 Å². The van der Waals surface area contributed by atoms with Crippen molar-refractivity contribution in [1.82, 2.24) is 4.90 Å². The van der Waals surface area contributed by atoms with Gasteiger partial charge in [0.2, 0.25) is 0 Å². The number of allylic oxidation sites excluding steroid dienone is 1. The lowest BCUT2D eigenvalue weighted by atomic mass is 9.79. The van der Waals surface area contributed by atoms with Crippen molar-refractivity contribution in [3.63, 3.8) is 0 Å². The molecule has 0 spiro atoms. The standard InChI is InChI=1S/C19H35NO3/c1-5-16(21)14(3)9-8-13(2)11-15-12-20-10-6-7-17(20)19(4,23)18(15)22/h11,13-14,16-18,21-23H,5-10,12H2,1-4H3/b15-11+/t13-,14?,16?,17+,18-,19-/m1/s1. The van der Waals surface area contributed by atoms with Gasteiger partial charge in [-0.15, -0.1) is 0 Å². The van der Waals surface area contributed by atoms with Gasteiger partial charge in [0.15, 0.2) is 0 Å². The van der Waals surface area contributed by atoms with E-state index >= 15 is 0 Å². The summed E-state index contributed by atoms with van der Waals surface area (Å²) in [6, 6.07) is 0.0877. The summed E-state index contributed by atoms with van der Waals surface area (Å²) in [4.78, 5) is 2.31. The molecule has 0 aliphatic carbocycles. The molecule has 3 N–H and O–H groups in total. The molecule has 0 aromatic rings. The Labute approximate surface area is 141 Å². The van der Waals surface area contributed by atoms with Crippen LogP contribution >= 0.6 is 0 Å². The van der Waals surface area contributed by atoms with Crippen molar-refractivity contribution in [3.05, 3.63) is 11.6 Å². The van der Waals surface area contributed by atoms with Gasteiger partial charge in [0.05, 0.1) is 6.10 Å². The number of aliphatic hydroxyl groups excluding tert-OH is 2. The van der Waals surface area contributed by atoms with Crippen LogP contribution in [-0.2, 0) is 0 Å². The van der Waals surface area contributed by atoms with Crippen molar-refractivity contribution in [1.29, 1.82) is 0 Å². The average molecular weight is 325 g/mol. The van der Waals surface area contributed by atoms with E-state index in [0.29, 0.717) is 11.8 Å². The lowest BCUT2D eigenvalue weighted by Gasteiger charge is -2.46. The topological polar surface area (TPSA) is 63.9 Å². The van der Waals surface area contributed by atoms with Crippen molar-refractivity contribution in [2.24, 2.45) is 11.8 Å². The first-order chi connectivity index (χ1) is 10.8. The van der Waals surface area contributed by atoms with E-state index in [-0.39, 0.29) is 12.1 Å². The van der Waals surface area contributed by atoms with Gasteiger partial charge in [0.25, 0.3) is 0 Å². The van der Waals surface area contributed by atoms with Crippen molar-refractivity contribution >= 4 is 0 Å². The molecule has 0 radical (unpaired) electrons. The Morgan fingerprint density at radius 3 is 2.70 bits per heavy atom. The van der Waals surface area contributed by atoms with E-state index in [4.69, 9.17) is 0 Å². The largest absolute Gasteiger partial charge is 0.393 e. The third-order valence-electron chi connectivity index (χ3n) is 5.98. The van der Waals surface area contributed by atoms with Gasteiger partial charge in [0, 0.05) is 12.6 Å². The first-order valence-electron chi connectivity index (χ1n) is 9.30. The number of hydrogen-bond donors (Lipinski definition) is 3. The molecule has 2 rings (SSSR count). The normalized spacial score (nSPS) is 37.6. The Kier molecular flexibility index (Phi) is 6.28. The fraction of sp³-hybridized carbons (Fsp3) is 0.895. The molecule has 0 bridgehead atoms. The zero-order valence-corrected chi connectivity index (χ0v) is 15.2. The zero-order valence-electron chi connectivity index (χ0n) is 15.2. The van der Waals surface area contributed by atoms with E-state index in [0.717, 1.165) is 50.8 Å². The minimum atomic E-state index is -1.05. The fourth-order valence-corrected chi connectivity index (χ4v) is 4.27. The number of aliphatic hydroxyl groups is 3. The summed E-state index contributed by atoms with van der Waals surface area (Å²) >= 11 is 0. The molecular formula is C19H35NO3. The van der Waals surface area contributed by atoms with Gasteiger partial charge in [-0.05, 0) is 63.0 Å². The highest BCUT2D eigenvalue weighted by molar-refractivity contribution is 5.23. The second-order valence-corrected chi connectivity index (χ2v) is 8.01. The van der Waals surface area contributed by atoms with Gasteiger partial charge in [-0.2, -0.15) is 0 Å². The summed E-state index contributed by atoms with van der Waals surface area (Å²) in [5.41, 5.74) is -0.0872. The van der Waals surface area contributed by atoms with Gasteiger partial charge >= 0.3 is 0 Å². The summed E-state index contributed by atoms with van der Waals surface area (Å²) in [5, 5.41) is 31.2. The Morgan fingerprint density at radius 1 is 1.35 bits per heavy atom. The minimum Gasteiger partial charge on any atom is -0.393 e. The minimum absolute atomic E-state index is 0.0877. The Bertz CT molecular complexity index is 421. The summed E-state index contributed by atoms with van der Waals surface area (Å²) in [6.45, 7) is 9.84. The van der Waals surface area contributed by atoms with E-state index < -0.39 is 11.7 Å². The molecule has 2 fully saturated rings. The van der Waals surface area contributed by atoms with E-state index in [1.807, 2.05) is 6.92 Å². The maximum Gasteiger partial charge on any atom is 0.107 e. The summed E-state index contributed by atoms with van der Waals surface area (Å²) in [6.07, 6.45) is 6.03. The van der Waals surface area contributed by atoms with Crippen molar-refractivity contribution in [2.75, 3.05) is 13.1 Å². The maximum absolute atomic E-state index is 10.8. The number of hydrogen-bond acceptors (Lipinski definition) is 4. The molecule has 4 heteroatoms. The molecule has 6 atom stereocenters. The second kappa shape index (κ2) is 7.64. The second-order valence-electron chi connectivity index (χ2n) is 8.01. The molecule has 4 nitrogen and oxygen atoms in total. The van der Waals surface area contributed by atoms with E-state index in [2.05, 4.69) is 24.8 Å². The van der Waals surface area contributed by atoms with Crippen LogP contribution in [0.5, 0.6) is 0 Å². The molecule has 134 valence electrons. The summed E-state index contributed by atoms with van der Waals surface area (Å²) < 4.78 is 0. The molecule has 23 heavy (non-hydrogen) atoms. The van der Waals surface area contributed by atoms with Crippen LogP contribution in [0.4, 0.5) is 0 Å². The smallest absolute Gasteiger partial charge is 0.107 e. The highest BCUT2D eigenvalue weighted by Gasteiger charge is 2.49. The highest BCUT2D eigenvalue weighted by Crippen LogP contribution is 2.37. The molecule has 0 aromatic carbocycles. The van der Waals surface area contributed by atoms with Gasteiger partial charge in [-0.1, -0.05) is 26.8 Å². The monoisotopic (exact) mass is 325 g/mol. The van der Waals surface area contributed by atoms with Crippen molar-refractivity contribution in [2.45, 2.75) is 83.6 Å². The lowest BCUT2D eigenvalue weighted by molar-refractivity contribution is -0.110. The van der Waals surface area contributed by atoms with E-state index in [1.54, 1.807) is 6.92 Å². The van der Waals surface area contributed by atoms with Gasteiger partial charge < -0.3 is 15.3 Å². The van der Waals surface area contributed by atoms with Gasteiger partial charge in [0.1, 0.15) is 11.7 Å². The highest BCUT2D eigenvalue weighted by atomic mass is 16.3. The SMILES string of the molecule is CCC(O)C(C)CC[C@@H](C)/C=C1\CN2CCC[C@H]2[C@@](C)(O)[C@@H]1O. The summed E-state index contributed by atoms with van der Waals surface area (Å²) in [7, 11) is 0. The fourth-order valence-electron chi connectivity index (χ4n) is 4.27. The molecule has 2 aliphatic heterocycles. The van der Waals surface area contributed by atoms with Crippen LogP contribution in [0.1, 0.15) is 59.8 Å². The van der Waals surface area contributed by atoms with Crippen LogP contribution in [-0.4, -0.2) is 57.2 Å². The third-order valence-corrected chi connectivity index (χ3v) is 5.98. The molecule has 0 aromatic heterocycles. The molecular weight excluding hydrogens is 290 g/mol. The lowest BCUT2D eigenvalue weighted by Crippen LogP contribution is -2.61. The first-order valence-corrected chi connectivity index (χ1v) is 9.30. The van der Waals surface area contributed by atoms with Gasteiger partial charge in [-0.3, -0.25) is 4.90 Å². The average Bonchev–Trinajstić information content (AvgIpc) is 2.98. The van der Waals surface area contributed by atoms with Crippen LogP contribution in [0.25, 0.3) is 0 Å². The zero-order chi connectivity index (χ0) is 17.2. The Morgan fingerprint density at radius 2 is 2.04 bits per heavy atom. The maximum atomic E-state index is 10.8. The predicted molar refractivity (Wildman–Crippen MR) is 93.2 cm³/mol. The van der Waals surface area contributed by atoms with Crippen LogP contribution in [0.3, 0.4) is 0 Å². The number of piperidine rings is 1. The Balaban J connectivity index is 1.98. The molecule has 0 saturated carbocycles. The quantitative estimate of drug-likeness (QED) is 0.656. The van der Waals surface area contributed by atoms with Crippen molar-refractivity contribution < 1.29 is 15.3 Å². The first kappa shape index (κ1) is 18.9. The molecule has 2 heterocycles.